The average Bonchev–Trinajstić information content (AvgIpc) is 3.12. The van der Waals surface area contributed by atoms with Crippen LogP contribution in [0.5, 0.6) is 5.75 Å². The number of hydrogen-bond donors (Lipinski definition) is 3. The molecule has 0 aliphatic carbocycles. The summed E-state index contributed by atoms with van der Waals surface area (Å²) in [6.07, 6.45) is -7.30. The van der Waals surface area contributed by atoms with Gasteiger partial charge < -0.3 is 24.2 Å². The fraction of sp³-hybridized carbons (Fsp3) is 0.480. The van der Waals surface area contributed by atoms with Gasteiger partial charge in [-0.05, 0) is 32.9 Å². The highest BCUT2D eigenvalue weighted by Gasteiger charge is 2.56. The monoisotopic (exact) mass is 570 g/mol. The maximum absolute atomic E-state index is 14.0. The van der Waals surface area contributed by atoms with Crippen LogP contribution in [0.25, 0.3) is 0 Å². The number of hydrogen-bond acceptors (Lipinski definition) is 10. The Hall–Kier alpha value is -3.27. The van der Waals surface area contributed by atoms with Crippen molar-refractivity contribution >= 4 is 13.6 Å². The van der Waals surface area contributed by atoms with Crippen LogP contribution >= 0.6 is 7.60 Å². The smallest absolute Gasteiger partial charge is 0.380 e. The number of carbonyl (C=O) groups is 1. The van der Waals surface area contributed by atoms with Gasteiger partial charge in [-0.3, -0.25) is 23.7 Å². The van der Waals surface area contributed by atoms with Gasteiger partial charge in [0.2, 0.25) is 5.82 Å². The highest BCUT2D eigenvalue weighted by molar-refractivity contribution is 7.54. The highest BCUT2D eigenvalue weighted by atomic mass is 31.2. The van der Waals surface area contributed by atoms with Crippen molar-refractivity contribution in [1.29, 1.82) is 0 Å². The third-order valence-corrected chi connectivity index (χ3v) is 7.31. The molecule has 2 aromatic rings. The van der Waals surface area contributed by atoms with Gasteiger partial charge in [0.05, 0.1) is 33.7 Å². The van der Waals surface area contributed by atoms with Crippen LogP contribution < -0.4 is 15.8 Å². The summed E-state index contributed by atoms with van der Waals surface area (Å²) in [6.45, 7) is 2.60. The number of aromatic nitrogens is 2. The van der Waals surface area contributed by atoms with E-state index in [2.05, 4.69) is 11.8 Å². The van der Waals surface area contributed by atoms with Crippen molar-refractivity contribution in [2.45, 2.75) is 57.8 Å². The predicted octanol–water partition coefficient (Wildman–Crippen LogP) is 1.56. The fourth-order valence-corrected chi connectivity index (χ4v) is 5.37. The largest absolute Gasteiger partial charge is 0.463 e. The number of aliphatic hydroxyl groups excluding tert-OH is 1. The van der Waals surface area contributed by atoms with Crippen LogP contribution in [0.15, 0.2) is 46.1 Å². The third-order valence-electron chi connectivity index (χ3n) is 5.44. The molecule has 1 fully saturated rings. The first kappa shape index (κ1) is 27.3. The molecule has 3 N–H and O–H groups in total. The van der Waals surface area contributed by atoms with Gasteiger partial charge in [0.1, 0.15) is 18.0 Å². The molecule has 3 rings (SSSR count). The minimum absolute atomic E-state index is 0.00504. The van der Waals surface area contributed by atoms with Crippen molar-refractivity contribution < 1.29 is 45.2 Å². The number of H-pyrrole nitrogens is 1. The van der Waals surface area contributed by atoms with Crippen molar-refractivity contribution in [2.75, 3.05) is 12.7 Å². The number of rotatable bonds is 10. The number of nitrogens with one attached hydrogen (secondary N) is 1. The summed E-state index contributed by atoms with van der Waals surface area (Å²) in [4.78, 5) is 38.0. The molecule has 12 nitrogen and oxygen atoms in total. The number of esters is 1. The second-order valence-corrected chi connectivity index (χ2v) is 10.9. The lowest BCUT2D eigenvalue weighted by atomic mass is 9.94. The third kappa shape index (κ3) is 7.03. The zero-order chi connectivity index (χ0) is 30.8. The minimum Gasteiger partial charge on any atom is -0.463 e. The lowest BCUT2D eigenvalue weighted by Crippen LogP contribution is -2.48. The summed E-state index contributed by atoms with van der Waals surface area (Å²) in [6, 6.07) is 7.55. The summed E-state index contributed by atoms with van der Waals surface area (Å²) < 4.78 is 67.0. The second-order valence-electron chi connectivity index (χ2n) is 8.99. The van der Waals surface area contributed by atoms with Crippen molar-refractivity contribution in [3.63, 3.8) is 0 Å². The molecule has 0 amide bonds. The first-order valence-electron chi connectivity index (χ1n) is 12.8. The van der Waals surface area contributed by atoms with Gasteiger partial charge in [-0.15, -0.1) is 5.92 Å². The topological polar surface area (TPSA) is 166 Å². The van der Waals surface area contributed by atoms with E-state index in [0.29, 0.717) is 10.8 Å². The number of aliphatic hydroxyl groups is 2. The number of nitrogens with zero attached hydrogens (tertiary/aromatic N) is 1. The van der Waals surface area contributed by atoms with Crippen LogP contribution in [0.3, 0.4) is 0 Å². The number of benzene rings is 1. The second kappa shape index (κ2) is 12.3. The Morgan fingerprint density at radius 1 is 1.33 bits per heavy atom. The van der Waals surface area contributed by atoms with E-state index >= 15 is 0 Å². The Bertz CT molecular complexity index is 1490. The molecule has 14 heteroatoms. The van der Waals surface area contributed by atoms with Crippen molar-refractivity contribution in [3.8, 4) is 17.6 Å². The van der Waals surface area contributed by atoms with Crippen molar-refractivity contribution in [2.24, 2.45) is 5.92 Å². The van der Waals surface area contributed by atoms with E-state index in [1.165, 1.54) is 26.0 Å². The molecule has 1 aliphatic rings. The van der Waals surface area contributed by atoms with Gasteiger partial charge in [-0.2, -0.15) is 4.39 Å². The number of ether oxygens (including phenoxy) is 2. The Morgan fingerprint density at radius 3 is 2.62 bits per heavy atom. The molecule has 39 heavy (non-hydrogen) atoms. The molecule has 1 aromatic carbocycles. The van der Waals surface area contributed by atoms with Gasteiger partial charge in [0.25, 0.3) is 5.56 Å². The van der Waals surface area contributed by atoms with Gasteiger partial charge in [-0.1, -0.05) is 31.0 Å². The molecule has 0 spiro atoms. The normalized spacial score (nSPS) is 26.0. The molecule has 2 heterocycles. The zero-order valence-corrected chi connectivity index (χ0v) is 22.4. The molecule has 1 aliphatic heterocycles. The Morgan fingerprint density at radius 2 is 2.00 bits per heavy atom. The molecular weight excluding hydrogens is 538 g/mol. The quantitative estimate of drug-likeness (QED) is 0.217. The Labute approximate surface area is 226 Å². The lowest BCUT2D eigenvalue weighted by molar-refractivity contribution is -0.151. The molecule has 0 saturated carbocycles. The number of carbonyl (C=O) groups excluding carboxylic acids is 1. The maximum Gasteiger partial charge on any atom is 0.380 e. The molecule has 6 atom stereocenters. The lowest BCUT2D eigenvalue weighted by Gasteiger charge is -2.26. The van der Waals surface area contributed by atoms with Gasteiger partial charge in [0, 0.05) is 0 Å². The van der Waals surface area contributed by atoms with E-state index in [9.17, 15) is 33.6 Å². The van der Waals surface area contributed by atoms with Crippen LogP contribution in [0.4, 0.5) is 4.39 Å². The Kier molecular flexibility index (Phi) is 8.60. The van der Waals surface area contributed by atoms with Crippen molar-refractivity contribution in [3.05, 3.63) is 63.2 Å². The summed E-state index contributed by atoms with van der Waals surface area (Å²) >= 11 is 0. The molecule has 1 aromatic heterocycles. The van der Waals surface area contributed by atoms with Crippen LogP contribution in [-0.2, 0) is 23.4 Å². The van der Waals surface area contributed by atoms with Crippen LogP contribution in [-0.4, -0.2) is 62.4 Å². The first-order valence-corrected chi connectivity index (χ1v) is 13.5. The zero-order valence-electron chi connectivity index (χ0n) is 23.5. The van der Waals surface area contributed by atoms with Crippen LogP contribution in [0.2, 0.25) is 0 Å². The van der Waals surface area contributed by atoms with E-state index in [0.717, 1.165) is 0 Å². The van der Waals surface area contributed by atoms with E-state index in [1.807, 2.05) is 0 Å². The van der Waals surface area contributed by atoms with Gasteiger partial charge in [-0.25, -0.2) is 9.36 Å². The van der Waals surface area contributed by atoms with E-state index in [-0.39, 0.29) is 5.75 Å². The summed E-state index contributed by atoms with van der Waals surface area (Å²) in [7, 11) is -4.63. The summed E-state index contributed by atoms with van der Waals surface area (Å²) in [5, 5.41) is 22.2. The standard InChI is InChI=1S/C25H30FN2O10P/c1-5-11-25(33)20(29)19(37-23(25)28-12-18(26)21(30)27-24(28)32)13-35-39(34,38-17-9-7-6-8-10-17)14-16(4)22(31)36-15(2)3/h6-10,12,15-16,19-20,23,29,33H,13-14H2,1-4H3,(H,27,30,32)/t16-,19-,20+,23-,25?,39+/m1/s1/i13D2. The molecule has 0 radical (unpaired) electrons. The number of para-hydroxylation sites is 1. The number of aromatic amines is 1. The number of halogens is 1. The van der Waals surface area contributed by atoms with E-state index in [4.69, 9.17) is 21.3 Å². The molecule has 0 bridgehead atoms. The SMILES string of the molecule is [2H]C([2H])(O[P@@](=O)(C[C@@H](C)C(=O)OC(C)C)Oc1ccccc1)[C@H]1O[C@@H](n2cc(F)c(=O)[nH]c2=O)C(O)(C#CC)[C@H]1O. The molecule has 1 unspecified atom stereocenters. The summed E-state index contributed by atoms with van der Waals surface area (Å²) in [5.74, 6) is 1.24. The first-order chi connectivity index (χ1) is 19.0. The Balaban J connectivity index is 2.01. The summed E-state index contributed by atoms with van der Waals surface area (Å²) in [5.41, 5.74) is -5.36. The average molecular weight is 571 g/mol. The predicted molar refractivity (Wildman–Crippen MR) is 135 cm³/mol. The molecule has 1 saturated heterocycles. The van der Waals surface area contributed by atoms with Gasteiger partial charge >= 0.3 is 19.3 Å². The molecular formula is C25H30FN2O10P. The fourth-order valence-electron chi connectivity index (χ4n) is 3.66. The van der Waals surface area contributed by atoms with E-state index in [1.54, 1.807) is 37.0 Å². The van der Waals surface area contributed by atoms with E-state index < -0.39 is 79.4 Å². The van der Waals surface area contributed by atoms with Crippen molar-refractivity contribution in [1.82, 2.24) is 9.55 Å². The van der Waals surface area contributed by atoms with Gasteiger partial charge in [0.15, 0.2) is 11.8 Å². The minimum atomic E-state index is -4.63. The van der Waals surface area contributed by atoms with Crippen LogP contribution in [0.1, 0.15) is 36.7 Å². The highest BCUT2D eigenvalue weighted by Crippen LogP contribution is 2.51. The maximum atomic E-state index is 14.0. The van der Waals surface area contributed by atoms with Crippen LogP contribution in [0, 0.1) is 23.6 Å². The molecule has 212 valence electrons.